The Morgan fingerprint density at radius 3 is 2.67 bits per heavy atom. The van der Waals surface area contributed by atoms with Crippen LogP contribution < -0.4 is 5.32 Å². The molecule has 0 aliphatic carbocycles. The number of nitriles is 1. The lowest BCUT2D eigenvalue weighted by atomic mass is 10.1. The molecule has 1 aromatic heterocycles. The Kier molecular flexibility index (Phi) is 4.89. The molecule has 1 aliphatic rings. The smallest absolute Gasteiger partial charge is 0.254 e. The molecule has 8 heteroatoms. The van der Waals surface area contributed by atoms with Gasteiger partial charge in [0.05, 0.1) is 19.4 Å². The number of amides is 1. The molecule has 0 atom stereocenters. The van der Waals surface area contributed by atoms with Gasteiger partial charge in [-0.2, -0.15) is 10.2 Å². The van der Waals surface area contributed by atoms with Crippen molar-refractivity contribution < 1.29 is 9.53 Å². The number of ether oxygens (including phenoxy) is 1. The monoisotopic (exact) mass is 343 g/mol. The third kappa shape index (κ3) is 3.62. The van der Waals surface area contributed by atoms with Crippen LogP contribution in [0, 0.1) is 11.3 Å². The summed E-state index contributed by atoms with van der Waals surface area (Å²) in [4.78, 5) is 21.9. The van der Waals surface area contributed by atoms with E-state index in [-0.39, 0.29) is 16.8 Å². The number of carbonyl (C=O) groups is 1. The number of hydrogen-bond donors (Lipinski definition) is 1. The number of carbonyl (C=O) groups excluding carboxylic acids is 1. The zero-order chi connectivity index (χ0) is 16.9. The van der Waals surface area contributed by atoms with Crippen LogP contribution in [0.2, 0.25) is 5.28 Å². The summed E-state index contributed by atoms with van der Waals surface area (Å²) < 4.78 is 5.25. The molecule has 1 fully saturated rings. The highest BCUT2D eigenvalue weighted by molar-refractivity contribution is 6.28. The summed E-state index contributed by atoms with van der Waals surface area (Å²) in [6, 6.07) is 8.97. The summed E-state index contributed by atoms with van der Waals surface area (Å²) in [5.41, 5.74) is 1.58. The molecule has 0 unspecified atom stereocenters. The Labute approximate surface area is 143 Å². The van der Waals surface area contributed by atoms with Crippen molar-refractivity contribution in [3.8, 4) is 6.07 Å². The van der Waals surface area contributed by atoms with Gasteiger partial charge in [-0.1, -0.05) is 0 Å². The zero-order valence-corrected chi connectivity index (χ0v) is 13.5. The van der Waals surface area contributed by atoms with Crippen LogP contribution in [0.5, 0.6) is 0 Å². The van der Waals surface area contributed by atoms with Gasteiger partial charge in [0.2, 0.25) is 5.28 Å². The Morgan fingerprint density at radius 2 is 2.00 bits per heavy atom. The maximum absolute atomic E-state index is 12.4. The van der Waals surface area contributed by atoms with E-state index in [0.717, 1.165) is 0 Å². The molecule has 2 heterocycles. The van der Waals surface area contributed by atoms with Crippen molar-refractivity contribution in [2.24, 2.45) is 0 Å². The maximum atomic E-state index is 12.4. The number of nitrogens with one attached hydrogen (secondary N) is 1. The van der Waals surface area contributed by atoms with Gasteiger partial charge >= 0.3 is 0 Å². The zero-order valence-electron chi connectivity index (χ0n) is 12.7. The normalized spacial score (nSPS) is 14.1. The van der Waals surface area contributed by atoms with Crippen LogP contribution in [0.25, 0.3) is 0 Å². The third-order valence-electron chi connectivity index (χ3n) is 3.57. The number of hydrogen-bond acceptors (Lipinski definition) is 6. The predicted octanol–water partition coefficient (Wildman–Crippen LogP) is 2.22. The number of anilines is 2. The molecule has 0 saturated carbocycles. The van der Waals surface area contributed by atoms with Crippen LogP contribution in [0.1, 0.15) is 15.9 Å². The maximum Gasteiger partial charge on any atom is 0.254 e. The van der Waals surface area contributed by atoms with Crippen LogP contribution >= 0.6 is 11.6 Å². The molecule has 3 rings (SSSR count). The molecule has 1 amide bonds. The molecule has 0 spiro atoms. The predicted molar refractivity (Wildman–Crippen MR) is 88.2 cm³/mol. The average molecular weight is 344 g/mol. The first kappa shape index (κ1) is 16.2. The molecule has 24 heavy (non-hydrogen) atoms. The van der Waals surface area contributed by atoms with Crippen molar-refractivity contribution in [3.63, 3.8) is 0 Å². The van der Waals surface area contributed by atoms with Crippen LogP contribution in [0.3, 0.4) is 0 Å². The highest BCUT2D eigenvalue weighted by atomic mass is 35.5. The highest BCUT2D eigenvalue weighted by Gasteiger charge is 2.18. The highest BCUT2D eigenvalue weighted by Crippen LogP contribution is 2.20. The Hall–Kier alpha value is -2.69. The second-order valence-corrected chi connectivity index (χ2v) is 5.46. The first-order chi connectivity index (χ1) is 11.7. The molecular weight excluding hydrogens is 330 g/mol. The topological polar surface area (TPSA) is 91.1 Å². The van der Waals surface area contributed by atoms with E-state index in [1.807, 2.05) is 6.07 Å². The molecule has 1 N–H and O–H groups in total. The van der Waals surface area contributed by atoms with Gasteiger partial charge in [-0.05, 0) is 35.9 Å². The van der Waals surface area contributed by atoms with Gasteiger partial charge in [-0.3, -0.25) is 4.79 Å². The standard InChI is InChI=1S/C16H14ClN5O2/c17-16-19-10-12(9-18)14(21-16)20-13-3-1-11(2-4-13)15(23)22-5-7-24-8-6-22/h1-4,10H,5-8H2,(H,19,20,21). The second kappa shape index (κ2) is 7.25. The first-order valence-electron chi connectivity index (χ1n) is 7.34. The van der Waals surface area contributed by atoms with Crippen molar-refractivity contribution in [1.82, 2.24) is 14.9 Å². The van der Waals surface area contributed by atoms with E-state index in [1.54, 1.807) is 29.2 Å². The summed E-state index contributed by atoms with van der Waals surface area (Å²) in [5.74, 6) is 0.303. The van der Waals surface area contributed by atoms with E-state index in [1.165, 1.54) is 6.20 Å². The van der Waals surface area contributed by atoms with E-state index in [0.29, 0.717) is 43.4 Å². The second-order valence-electron chi connectivity index (χ2n) is 5.12. The largest absolute Gasteiger partial charge is 0.378 e. The minimum atomic E-state index is -0.0207. The number of nitrogens with zero attached hydrogens (tertiary/aromatic N) is 4. The Morgan fingerprint density at radius 1 is 1.29 bits per heavy atom. The molecule has 122 valence electrons. The molecule has 0 bridgehead atoms. The number of aromatic nitrogens is 2. The summed E-state index contributed by atoms with van der Waals surface area (Å²) in [5, 5.41) is 12.1. The third-order valence-corrected chi connectivity index (χ3v) is 3.75. The molecule has 2 aromatic rings. The Bertz CT molecular complexity index is 782. The number of morpholine rings is 1. The van der Waals surface area contributed by atoms with Gasteiger partial charge in [0, 0.05) is 24.3 Å². The van der Waals surface area contributed by atoms with E-state index >= 15 is 0 Å². The summed E-state index contributed by atoms with van der Waals surface area (Å²) in [6.07, 6.45) is 1.36. The minimum absolute atomic E-state index is 0.0207. The molecular formula is C16H14ClN5O2. The Balaban J connectivity index is 1.74. The molecule has 1 aliphatic heterocycles. The van der Waals surface area contributed by atoms with Gasteiger partial charge < -0.3 is 15.0 Å². The van der Waals surface area contributed by atoms with E-state index in [2.05, 4.69) is 15.3 Å². The fourth-order valence-electron chi connectivity index (χ4n) is 2.32. The number of rotatable bonds is 3. The SMILES string of the molecule is N#Cc1cnc(Cl)nc1Nc1ccc(C(=O)N2CCOCC2)cc1. The van der Waals surface area contributed by atoms with E-state index in [4.69, 9.17) is 21.6 Å². The van der Waals surface area contributed by atoms with Crippen LogP contribution in [-0.2, 0) is 4.74 Å². The summed E-state index contributed by atoms with van der Waals surface area (Å²) >= 11 is 5.76. The van der Waals surface area contributed by atoms with E-state index in [9.17, 15) is 4.79 Å². The van der Waals surface area contributed by atoms with Crippen molar-refractivity contribution >= 4 is 29.0 Å². The molecule has 0 radical (unpaired) electrons. The quantitative estimate of drug-likeness (QED) is 0.859. The number of halogens is 1. The van der Waals surface area contributed by atoms with Gasteiger partial charge in [0.1, 0.15) is 11.6 Å². The van der Waals surface area contributed by atoms with E-state index < -0.39 is 0 Å². The fraction of sp³-hybridized carbons (Fsp3) is 0.250. The lowest BCUT2D eigenvalue weighted by molar-refractivity contribution is 0.0303. The average Bonchev–Trinajstić information content (AvgIpc) is 2.63. The van der Waals surface area contributed by atoms with Gasteiger partial charge in [-0.15, -0.1) is 0 Å². The van der Waals surface area contributed by atoms with Crippen LogP contribution in [0.15, 0.2) is 30.5 Å². The molecule has 1 saturated heterocycles. The lowest BCUT2D eigenvalue weighted by Crippen LogP contribution is -2.40. The summed E-state index contributed by atoms with van der Waals surface area (Å²) in [7, 11) is 0. The van der Waals surface area contributed by atoms with Crippen molar-refractivity contribution in [2.45, 2.75) is 0 Å². The number of benzene rings is 1. The fourth-order valence-corrected chi connectivity index (χ4v) is 2.45. The van der Waals surface area contributed by atoms with Gasteiger partial charge in [-0.25, -0.2) is 4.98 Å². The van der Waals surface area contributed by atoms with Crippen LogP contribution in [-0.4, -0.2) is 47.1 Å². The summed E-state index contributed by atoms with van der Waals surface area (Å²) in [6.45, 7) is 2.33. The van der Waals surface area contributed by atoms with Gasteiger partial charge in [0.15, 0.2) is 5.82 Å². The first-order valence-corrected chi connectivity index (χ1v) is 7.72. The molecule has 1 aromatic carbocycles. The van der Waals surface area contributed by atoms with Crippen molar-refractivity contribution in [2.75, 3.05) is 31.6 Å². The molecule has 7 nitrogen and oxygen atoms in total. The lowest BCUT2D eigenvalue weighted by Gasteiger charge is -2.26. The van der Waals surface area contributed by atoms with Crippen molar-refractivity contribution in [1.29, 1.82) is 5.26 Å². The van der Waals surface area contributed by atoms with Gasteiger partial charge in [0.25, 0.3) is 5.91 Å². The van der Waals surface area contributed by atoms with Crippen molar-refractivity contribution in [3.05, 3.63) is 46.9 Å². The van der Waals surface area contributed by atoms with Crippen LogP contribution in [0.4, 0.5) is 11.5 Å². The minimum Gasteiger partial charge on any atom is -0.378 e.